The number of methoxy groups -OCH3 is 1. The molecule has 0 aliphatic carbocycles. The predicted octanol–water partition coefficient (Wildman–Crippen LogP) is -0.424. The number of nitrogens with zero attached hydrogens (tertiary/aromatic N) is 2. The molecule has 0 saturated carbocycles. The van der Waals surface area contributed by atoms with Gasteiger partial charge >= 0.3 is 7.32 Å². The Labute approximate surface area is 88.6 Å². The third-order valence-corrected chi connectivity index (χ3v) is 1.81. The fourth-order valence-electron chi connectivity index (χ4n) is 1.24. The molecule has 15 heavy (non-hydrogen) atoms. The first-order valence-electron chi connectivity index (χ1n) is 4.69. The fraction of sp³-hybridized carbons (Fsp3) is 0.625. The third-order valence-electron chi connectivity index (χ3n) is 1.81. The van der Waals surface area contributed by atoms with Crippen molar-refractivity contribution in [2.45, 2.75) is 19.9 Å². The predicted molar refractivity (Wildman–Crippen MR) is 54.3 cm³/mol. The Morgan fingerprint density at radius 2 is 2.27 bits per heavy atom. The molecule has 0 saturated heterocycles. The molecule has 0 aliphatic rings. The Hall–Kier alpha value is -1.05. The molecule has 1 heterocycles. The van der Waals surface area contributed by atoms with Gasteiger partial charge in [-0.2, -0.15) is 5.10 Å². The molecule has 0 bridgehead atoms. The van der Waals surface area contributed by atoms with Gasteiger partial charge in [0.25, 0.3) is 0 Å². The monoisotopic (exact) mass is 214 g/mol. The molecular formula is C8H15BN2O4. The summed E-state index contributed by atoms with van der Waals surface area (Å²) in [6.45, 7) is 3.05. The molecule has 7 heteroatoms. The van der Waals surface area contributed by atoms with Crippen LogP contribution in [0.5, 0.6) is 5.88 Å². The van der Waals surface area contributed by atoms with Crippen LogP contribution in [0.15, 0.2) is 6.07 Å². The smallest absolute Gasteiger partial charge is 0.498 e. The van der Waals surface area contributed by atoms with Gasteiger partial charge in [0.2, 0.25) is 0 Å². The Morgan fingerprint density at radius 3 is 2.87 bits per heavy atom. The zero-order chi connectivity index (χ0) is 11.3. The summed E-state index contributed by atoms with van der Waals surface area (Å²) < 4.78 is 11.3. The molecule has 0 aromatic carbocycles. The van der Waals surface area contributed by atoms with E-state index in [2.05, 4.69) is 5.10 Å². The number of aryl methyl sites for hydroxylation is 2. The highest BCUT2D eigenvalue weighted by Gasteiger charge is 2.15. The topological polar surface area (TPSA) is 76.7 Å². The molecule has 0 spiro atoms. The maximum Gasteiger partial charge on any atom is 0.708 e. The number of aromatic nitrogens is 2. The van der Waals surface area contributed by atoms with Crippen molar-refractivity contribution in [1.82, 2.24) is 9.78 Å². The molecule has 6 nitrogen and oxygen atoms in total. The molecule has 0 aliphatic heterocycles. The van der Waals surface area contributed by atoms with E-state index in [9.17, 15) is 0 Å². The van der Waals surface area contributed by atoms with Gasteiger partial charge in [-0.1, -0.05) is 0 Å². The minimum absolute atomic E-state index is 0.346. The van der Waals surface area contributed by atoms with Crippen LogP contribution in [0.1, 0.15) is 12.1 Å². The molecule has 0 radical (unpaired) electrons. The Morgan fingerprint density at radius 1 is 1.53 bits per heavy atom. The van der Waals surface area contributed by atoms with Gasteiger partial charge in [0.05, 0.1) is 5.69 Å². The van der Waals surface area contributed by atoms with E-state index in [1.807, 2.05) is 6.92 Å². The maximum absolute atomic E-state index is 8.68. The van der Waals surface area contributed by atoms with Crippen molar-refractivity contribution in [3.63, 3.8) is 0 Å². The van der Waals surface area contributed by atoms with Gasteiger partial charge in [-0.05, 0) is 13.3 Å². The van der Waals surface area contributed by atoms with Crippen LogP contribution in [0.3, 0.4) is 0 Å². The molecule has 0 unspecified atom stereocenters. The molecule has 1 aromatic heterocycles. The van der Waals surface area contributed by atoms with E-state index in [1.54, 1.807) is 17.9 Å². The number of hydrogen-bond acceptors (Lipinski definition) is 5. The van der Waals surface area contributed by atoms with Crippen molar-refractivity contribution in [2.24, 2.45) is 0 Å². The van der Waals surface area contributed by atoms with E-state index in [1.165, 1.54) is 0 Å². The molecule has 0 atom stereocenters. The first-order valence-corrected chi connectivity index (χ1v) is 4.69. The van der Waals surface area contributed by atoms with Gasteiger partial charge in [-0.15, -0.1) is 0 Å². The lowest BCUT2D eigenvalue weighted by Crippen LogP contribution is -2.22. The SMILES string of the molecule is COCCCn1nc(C)cc1OB(O)O. The highest BCUT2D eigenvalue weighted by molar-refractivity contribution is 6.33. The summed E-state index contributed by atoms with van der Waals surface area (Å²) in [5, 5.41) is 21.5. The summed E-state index contributed by atoms with van der Waals surface area (Å²) in [4.78, 5) is 0. The summed E-state index contributed by atoms with van der Waals surface area (Å²) in [7, 11) is -0.189. The third kappa shape index (κ3) is 3.90. The maximum atomic E-state index is 8.68. The fourth-order valence-corrected chi connectivity index (χ4v) is 1.24. The van der Waals surface area contributed by atoms with Crippen molar-refractivity contribution in [3.05, 3.63) is 11.8 Å². The Bertz CT molecular complexity index is 303. The van der Waals surface area contributed by atoms with Crippen LogP contribution in [0.4, 0.5) is 0 Å². The first-order chi connectivity index (χ1) is 7.13. The van der Waals surface area contributed by atoms with Crippen LogP contribution in [-0.2, 0) is 11.3 Å². The lowest BCUT2D eigenvalue weighted by Gasteiger charge is -2.07. The lowest BCUT2D eigenvalue weighted by atomic mass is 10.3. The van der Waals surface area contributed by atoms with E-state index >= 15 is 0 Å². The van der Waals surface area contributed by atoms with E-state index < -0.39 is 7.32 Å². The second-order valence-electron chi connectivity index (χ2n) is 3.14. The van der Waals surface area contributed by atoms with Gasteiger partial charge in [0.15, 0.2) is 5.88 Å². The average Bonchev–Trinajstić information content (AvgIpc) is 2.46. The molecule has 1 aromatic rings. The highest BCUT2D eigenvalue weighted by atomic mass is 16.6. The summed E-state index contributed by atoms with van der Waals surface area (Å²) in [6.07, 6.45) is 0.787. The van der Waals surface area contributed by atoms with Crippen molar-refractivity contribution in [2.75, 3.05) is 13.7 Å². The molecule has 1 rings (SSSR count). The van der Waals surface area contributed by atoms with Crippen molar-refractivity contribution < 1.29 is 19.4 Å². The quantitative estimate of drug-likeness (QED) is 0.496. The summed E-state index contributed by atoms with van der Waals surface area (Å²) >= 11 is 0. The Balaban J connectivity index is 2.59. The van der Waals surface area contributed by atoms with Gasteiger partial charge in [-0.3, -0.25) is 0 Å². The Kier molecular flexibility index (Phi) is 4.60. The van der Waals surface area contributed by atoms with Gasteiger partial charge in [0, 0.05) is 26.3 Å². The number of rotatable bonds is 6. The summed E-state index contributed by atoms with van der Waals surface area (Å²) in [5.74, 6) is 0.346. The van der Waals surface area contributed by atoms with Crippen molar-refractivity contribution in [1.29, 1.82) is 0 Å². The van der Waals surface area contributed by atoms with Crippen LogP contribution in [0.25, 0.3) is 0 Å². The summed E-state index contributed by atoms with van der Waals surface area (Å²) in [5.41, 5.74) is 0.767. The van der Waals surface area contributed by atoms with E-state index in [0.29, 0.717) is 19.0 Å². The number of hydrogen-bond donors (Lipinski definition) is 2. The second-order valence-corrected chi connectivity index (χ2v) is 3.14. The minimum atomic E-state index is -1.82. The molecule has 84 valence electrons. The largest absolute Gasteiger partial charge is 0.708 e. The molecule has 0 amide bonds. The van der Waals surface area contributed by atoms with Crippen LogP contribution in [0.2, 0.25) is 0 Å². The molecule has 0 fully saturated rings. The van der Waals surface area contributed by atoms with E-state index in [-0.39, 0.29) is 0 Å². The van der Waals surface area contributed by atoms with E-state index in [4.69, 9.17) is 19.4 Å². The van der Waals surface area contributed by atoms with Gasteiger partial charge in [-0.25, -0.2) is 4.68 Å². The normalized spacial score (nSPS) is 10.4. The second kappa shape index (κ2) is 5.74. The van der Waals surface area contributed by atoms with Crippen molar-refractivity contribution >= 4 is 7.32 Å². The van der Waals surface area contributed by atoms with E-state index in [0.717, 1.165) is 12.1 Å². The zero-order valence-electron chi connectivity index (χ0n) is 8.88. The van der Waals surface area contributed by atoms with Crippen LogP contribution >= 0.6 is 0 Å². The van der Waals surface area contributed by atoms with Crippen molar-refractivity contribution in [3.8, 4) is 5.88 Å². The van der Waals surface area contributed by atoms with Gasteiger partial charge < -0.3 is 19.4 Å². The standard InChI is InChI=1S/C8H15BN2O4/c1-7-6-8(15-9(12)13)11(10-7)4-3-5-14-2/h6,12-13H,3-5H2,1-2H3. The van der Waals surface area contributed by atoms with Crippen LogP contribution in [0, 0.1) is 6.92 Å². The average molecular weight is 214 g/mol. The van der Waals surface area contributed by atoms with Gasteiger partial charge in [0.1, 0.15) is 0 Å². The minimum Gasteiger partial charge on any atom is -0.498 e. The highest BCUT2D eigenvalue weighted by Crippen LogP contribution is 2.13. The van der Waals surface area contributed by atoms with Crippen LogP contribution in [-0.4, -0.2) is 40.9 Å². The lowest BCUT2D eigenvalue weighted by molar-refractivity contribution is 0.187. The zero-order valence-corrected chi connectivity index (χ0v) is 8.88. The van der Waals surface area contributed by atoms with Crippen LogP contribution < -0.4 is 4.65 Å². The molecule has 2 N–H and O–H groups in total. The molecular weight excluding hydrogens is 199 g/mol. The number of ether oxygens (including phenoxy) is 1. The first kappa shape index (κ1) is 12.0. The summed E-state index contributed by atoms with van der Waals surface area (Å²) in [6, 6.07) is 1.65.